The Morgan fingerprint density at radius 1 is 1.50 bits per heavy atom. The molecule has 0 bridgehead atoms. The van der Waals surface area contributed by atoms with E-state index in [0.29, 0.717) is 6.10 Å². The molecule has 0 spiro atoms. The van der Waals surface area contributed by atoms with Crippen molar-refractivity contribution in [2.45, 2.75) is 10.4 Å². The van der Waals surface area contributed by atoms with Gasteiger partial charge in [-0.05, 0) is 12.1 Å². The zero-order valence-electron chi connectivity index (χ0n) is 7.47. The van der Waals surface area contributed by atoms with Gasteiger partial charge in [0.25, 0.3) is 0 Å². The van der Waals surface area contributed by atoms with Crippen molar-refractivity contribution >= 4 is 33.3 Å². The molecule has 4 heteroatoms. The first-order valence-electron chi connectivity index (χ1n) is 4.52. The number of para-hydroxylation sites is 1. The van der Waals surface area contributed by atoms with Gasteiger partial charge in [0.1, 0.15) is 0 Å². The lowest BCUT2D eigenvalue weighted by atomic mass is 10.3. The third-order valence-corrected chi connectivity index (χ3v) is 4.38. The van der Waals surface area contributed by atoms with Gasteiger partial charge < -0.3 is 4.74 Å². The van der Waals surface area contributed by atoms with Crippen LogP contribution in [0.5, 0.6) is 0 Å². The number of hydrogen-bond acceptors (Lipinski definition) is 4. The summed E-state index contributed by atoms with van der Waals surface area (Å²) in [4.78, 5) is 4.54. The summed E-state index contributed by atoms with van der Waals surface area (Å²) in [6, 6.07) is 8.26. The van der Waals surface area contributed by atoms with E-state index >= 15 is 0 Å². The SMILES string of the molecule is c1ccc2sc(SC[C@H]3CO3)nc2c1. The number of aromatic nitrogens is 1. The van der Waals surface area contributed by atoms with E-state index in [-0.39, 0.29) is 0 Å². The Bertz CT molecular complexity index is 417. The molecule has 2 nitrogen and oxygen atoms in total. The van der Waals surface area contributed by atoms with Crippen LogP contribution in [0.25, 0.3) is 10.2 Å². The molecule has 2 heterocycles. The van der Waals surface area contributed by atoms with E-state index < -0.39 is 0 Å². The Balaban J connectivity index is 1.82. The standard InChI is InChI=1S/C10H9NOS2/c1-2-4-9-8(3-1)11-10(14-9)13-6-7-5-12-7/h1-4,7H,5-6H2/t7-/m1/s1. The number of nitrogens with zero attached hydrogens (tertiary/aromatic N) is 1. The quantitative estimate of drug-likeness (QED) is 0.591. The number of thioether (sulfide) groups is 1. The Labute approximate surface area is 90.3 Å². The average molecular weight is 223 g/mol. The van der Waals surface area contributed by atoms with Gasteiger partial charge in [0.2, 0.25) is 0 Å². The van der Waals surface area contributed by atoms with Crippen molar-refractivity contribution in [2.75, 3.05) is 12.4 Å². The molecular weight excluding hydrogens is 214 g/mol. The highest BCUT2D eigenvalue weighted by Gasteiger charge is 2.22. The van der Waals surface area contributed by atoms with Crippen LogP contribution in [0.4, 0.5) is 0 Å². The van der Waals surface area contributed by atoms with Gasteiger partial charge in [0.15, 0.2) is 4.34 Å². The summed E-state index contributed by atoms with van der Waals surface area (Å²) in [6.45, 7) is 0.928. The minimum Gasteiger partial charge on any atom is -0.372 e. The van der Waals surface area contributed by atoms with Gasteiger partial charge in [-0.25, -0.2) is 4.98 Å². The lowest BCUT2D eigenvalue weighted by molar-refractivity contribution is 0.426. The number of epoxide rings is 1. The molecule has 0 amide bonds. The lowest BCUT2D eigenvalue weighted by Gasteiger charge is -1.89. The van der Waals surface area contributed by atoms with Crippen molar-refractivity contribution in [2.24, 2.45) is 0 Å². The second-order valence-electron chi connectivity index (χ2n) is 3.21. The minimum atomic E-state index is 0.479. The average Bonchev–Trinajstić information content (AvgIpc) is 2.94. The number of thiazole rings is 1. The van der Waals surface area contributed by atoms with Crippen LogP contribution in [-0.2, 0) is 4.74 Å². The molecule has 1 aliphatic rings. The topological polar surface area (TPSA) is 25.4 Å². The smallest absolute Gasteiger partial charge is 0.151 e. The molecule has 72 valence electrons. The van der Waals surface area contributed by atoms with E-state index in [1.807, 2.05) is 6.07 Å². The maximum atomic E-state index is 5.16. The summed E-state index contributed by atoms with van der Waals surface area (Å²) in [5, 5.41) is 0. The molecule has 0 unspecified atom stereocenters. The maximum Gasteiger partial charge on any atom is 0.151 e. The molecule has 14 heavy (non-hydrogen) atoms. The van der Waals surface area contributed by atoms with Gasteiger partial charge in [0, 0.05) is 5.75 Å². The van der Waals surface area contributed by atoms with Crippen LogP contribution in [0, 0.1) is 0 Å². The number of ether oxygens (including phenoxy) is 1. The zero-order chi connectivity index (χ0) is 9.38. The number of rotatable bonds is 3. The Morgan fingerprint density at radius 2 is 2.36 bits per heavy atom. The molecule has 0 radical (unpaired) electrons. The second-order valence-corrected chi connectivity index (χ2v) is 5.51. The van der Waals surface area contributed by atoms with E-state index in [1.165, 1.54) is 4.70 Å². The van der Waals surface area contributed by atoms with Crippen molar-refractivity contribution in [1.82, 2.24) is 4.98 Å². The lowest BCUT2D eigenvalue weighted by Crippen LogP contribution is -1.87. The van der Waals surface area contributed by atoms with E-state index in [0.717, 1.165) is 22.2 Å². The predicted octanol–water partition coefficient (Wildman–Crippen LogP) is 2.79. The Morgan fingerprint density at radius 3 is 3.14 bits per heavy atom. The van der Waals surface area contributed by atoms with Crippen LogP contribution in [0.1, 0.15) is 0 Å². The van der Waals surface area contributed by atoms with Gasteiger partial charge in [-0.2, -0.15) is 0 Å². The van der Waals surface area contributed by atoms with Crippen molar-refractivity contribution in [3.63, 3.8) is 0 Å². The molecule has 0 saturated carbocycles. The summed E-state index contributed by atoms with van der Waals surface area (Å²) < 4.78 is 7.58. The normalized spacial score (nSPS) is 20.1. The molecule has 1 atom stereocenters. The van der Waals surface area contributed by atoms with E-state index in [2.05, 4.69) is 23.2 Å². The van der Waals surface area contributed by atoms with Crippen LogP contribution in [0.3, 0.4) is 0 Å². The fourth-order valence-electron chi connectivity index (χ4n) is 1.24. The highest BCUT2D eigenvalue weighted by atomic mass is 32.2. The summed E-state index contributed by atoms with van der Waals surface area (Å²) in [6.07, 6.45) is 0.479. The fraction of sp³-hybridized carbons (Fsp3) is 0.300. The summed E-state index contributed by atoms with van der Waals surface area (Å²) in [5.74, 6) is 1.04. The zero-order valence-corrected chi connectivity index (χ0v) is 9.11. The third kappa shape index (κ3) is 1.78. The number of benzene rings is 1. The van der Waals surface area contributed by atoms with Crippen molar-refractivity contribution in [1.29, 1.82) is 0 Å². The maximum absolute atomic E-state index is 5.16. The molecule has 3 rings (SSSR count). The molecule has 1 aromatic heterocycles. The summed E-state index contributed by atoms with van der Waals surface area (Å²) in [7, 11) is 0. The molecule has 1 aliphatic heterocycles. The molecule has 1 aromatic carbocycles. The highest BCUT2D eigenvalue weighted by molar-refractivity contribution is 8.01. The number of hydrogen-bond donors (Lipinski definition) is 0. The van der Waals surface area contributed by atoms with Crippen LogP contribution < -0.4 is 0 Å². The number of fused-ring (bicyclic) bond motifs is 1. The monoisotopic (exact) mass is 223 g/mol. The van der Waals surface area contributed by atoms with E-state index in [1.54, 1.807) is 23.1 Å². The fourth-order valence-corrected chi connectivity index (χ4v) is 3.33. The first-order chi connectivity index (χ1) is 6.92. The Hall–Kier alpha value is -0.580. The van der Waals surface area contributed by atoms with Gasteiger partial charge in [0.05, 0.1) is 22.9 Å². The van der Waals surface area contributed by atoms with E-state index in [9.17, 15) is 0 Å². The van der Waals surface area contributed by atoms with Crippen LogP contribution in [-0.4, -0.2) is 23.4 Å². The van der Waals surface area contributed by atoms with Crippen LogP contribution in [0.15, 0.2) is 28.6 Å². The molecular formula is C10H9NOS2. The first kappa shape index (κ1) is 8.71. The van der Waals surface area contributed by atoms with Crippen LogP contribution in [0.2, 0.25) is 0 Å². The predicted molar refractivity (Wildman–Crippen MR) is 60.1 cm³/mol. The van der Waals surface area contributed by atoms with Gasteiger partial charge in [-0.15, -0.1) is 11.3 Å². The first-order valence-corrected chi connectivity index (χ1v) is 6.32. The van der Waals surface area contributed by atoms with Gasteiger partial charge in [-0.3, -0.25) is 0 Å². The molecule has 1 fully saturated rings. The van der Waals surface area contributed by atoms with Gasteiger partial charge >= 0.3 is 0 Å². The van der Waals surface area contributed by atoms with Crippen molar-refractivity contribution in [3.05, 3.63) is 24.3 Å². The largest absolute Gasteiger partial charge is 0.372 e. The minimum absolute atomic E-state index is 0.479. The molecule has 0 aliphatic carbocycles. The second kappa shape index (κ2) is 3.53. The molecule has 1 saturated heterocycles. The summed E-state index contributed by atoms with van der Waals surface area (Å²) >= 11 is 3.56. The van der Waals surface area contributed by atoms with Crippen molar-refractivity contribution < 1.29 is 4.74 Å². The molecule has 0 N–H and O–H groups in total. The highest BCUT2D eigenvalue weighted by Crippen LogP contribution is 2.31. The summed E-state index contributed by atoms with van der Waals surface area (Å²) in [5.41, 5.74) is 1.11. The van der Waals surface area contributed by atoms with Crippen molar-refractivity contribution in [3.8, 4) is 0 Å². The van der Waals surface area contributed by atoms with E-state index in [4.69, 9.17) is 4.74 Å². The van der Waals surface area contributed by atoms with Gasteiger partial charge in [-0.1, -0.05) is 23.9 Å². The third-order valence-electron chi connectivity index (χ3n) is 2.07. The Kier molecular flexibility index (Phi) is 2.20. The molecule has 2 aromatic rings. The van der Waals surface area contributed by atoms with Crippen LogP contribution >= 0.6 is 23.1 Å².